The minimum Gasteiger partial charge on any atom is -0.375 e. The zero-order valence-electron chi connectivity index (χ0n) is 11.5. The van der Waals surface area contributed by atoms with E-state index in [1.165, 1.54) is 11.1 Å². The van der Waals surface area contributed by atoms with Gasteiger partial charge in [-0.3, -0.25) is 0 Å². The molecule has 2 atom stereocenters. The standard InChI is InChI=1S/C15H23NOS/c1-11(2)12-4-6-13(7-5-12)15(16-3)14-10-18-9-8-17-14/h4-7,11,14-16H,8-10H2,1-3H3. The summed E-state index contributed by atoms with van der Waals surface area (Å²) in [5, 5.41) is 3.40. The molecule has 100 valence electrons. The van der Waals surface area contributed by atoms with Crippen molar-refractivity contribution >= 4 is 11.8 Å². The molecule has 1 aromatic rings. The van der Waals surface area contributed by atoms with E-state index in [0.717, 1.165) is 18.1 Å². The quantitative estimate of drug-likeness (QED) is 0.903. The van der Waals surface area contributed by atoms with Crippen molar-refractivity contribution in [2.24, 2.45) is 0 Å². The van der Waals surface area contributed by atoms with E-state index in [9.17, 15) is 0 Å². The fraction of sp³-hybridized carbons (Fsp3) is 0.600. The number of likely N-dealkylation sites (N-methyl/N-ethyl adjacent to an activating group) is 1. The molecule has 0 spiro atoms. The van der Waals surface area contributed by atoms with Gasteiger partial charge in [-0.1, -0.05) is 38.1 Å². The maximum Gasteiger partial charge on any atom is 0.0860 e. The van der Waals surface area contributed by atoms with Gasteiger partial charge in [0.15, 0.2) is 0 Å². The smallest absolute Gasteiger partial charge is 0.0860 e. The molecule has 0 aliphatic carbocycles. The SMILES string of the molecule is CNC(c1ccc(C(C)C)cc1)C1CSCCO1. The first kappa shape index (κ1) is 13.9. The molecule has 0 amide bonds. The van der Waals surface area contributed by atoms with Crippen molar-refractivity contribution in [3.63, 3.8) is 0 Å². The van der Waals surface area contributed by atoms with Crippen LogP contribution in [0.15, 0.2) is 24.3 Å². The summed E-state index contributed by atoms with van der Waals surface area (Å²) in [6.07, 6.45) is 0.290. The lowest BCUT2D eigenvalue weighted by molar-refractivity contribution is 0.0488. The maximum absolute atomic E-state index is 5.88. The second kappa shape index (κ2) is 6.60. The molecule has 0 radical (unpaired) electrons. The monoisotopic (exact) mass is 265 g/mol. The Labute approximate surface area is 114 Å². The number of benzene rings is 1. The fourth-order valence-electron chi connectivity index (χ4n) is 2.35. The number of hydrogen-bond acceptors (Lipinski definition) is 3. The molecule has 0 aromatic heterocycles. The Morgan fingerprint density at radius 2 is 1.89 bits per heavy atom. The Bertz CT molecular complexity index is 357. The van der Waals surface area contributed by atoms with Crippen LogP contribution in [0.1, 0.15) is 36.9 Å². The Hall–Kier alpha value is -0.510. The van der Waals surface area contributed by atoms with E-state index in [-0.39, 0.29) is 0 Å². The Morgan fingerprint density at radius 3 is 2.39 bits per heavy atom. The number of thioether (sulfide) groups is 1. The van der Waals surface area contributed by atoms with E-state index in [1.54, 1.807) is 0 Å². The lowest BCUT2D eigenvalue weighted by Gasteiger charge is -2.30. The van der Waals surface area contributed by atoms with Crippen LogP contribution in [0.5, 0.6) is 0 Å². The Morgan fingerprint density at radius 1 is 1.22 bits per heavy atom. The summed E-state index contributed by atoms with van der Waals surface area (Å²) in [7, 11) is 2.02. The molecule has 2 nitrogen and oxygen atoms in total. The van der Waals surface area contributed by atoms with Crippen LogP contribution < -0.4 is 5.32 Å². The molecule has 1 fully saturated rings. The molecular weight excluding hydrogens is 242 g/mol. The highest BCUT2D eigenvalue weighted by Gasteiger charge is 2.24. The molecule has 1 aliphatic rings. The van der Waals surface area contributed by atoms with Crippen molar-refractivity contribution in [2.45, 2.75) is 31.9 Å². The molecule has 1 aliphatic heterocycles. The van der Waals surface area contributed by atoms with Crippen molar-refractivity contribution < 1.29 is 4.74 Å². The minimum atomic E-state index is 0.290. The van der Waals surface area contributed by atoms with Gasteiger partial charge < -0.3 is 10.1 Å². The lowest BCUT2D eigenvalue weighted by Crippen LogP contribution is -2.36. The molecule has 1 aromatic carbocycles. The molecule has 2 rings (SSSR count). The van der Waals surface area contributed by atoms with E-state index in [0.29, 0.717) is 18.1 Å². The van der Waals surface area contributed by atoms with E-state index < -0.39 is 0 Å². The van der Waals surface area contributed by atoms with Gasteiger partial charge in [-0.15, -0.1) is 0 Å². The zero-order chi connectivity index (χ0) is 13.0. The molecule has 0 bridgehead atoms. The first-order valence-electron chi connectivity index (χ1n) is 6.69. The molecule has 1 heterocycles. The molecule has 1 saturated heterocycles. The number of nitrogens with one attached hydrogen (secondary N) is 1. The zero-order valence-corrected chi connectivity index (χ0v) is 12.3. The van der Waals surface area contributed by atoms with Gasteiger partial charge in [-0.2, -0.15) is 11.8 Å². The second-order valence-electron chi connectivity index (χ2n) is 5.07. The maximum atomic E-state index is 5.88. The van der Waals surface area contributed by atoms with Crippen molar-refractivity contribution in [3.8, 4) is 0 Å². The van der Waals surface area contributed by atoms with Crippen LogP contribution in [0.4, 0.5) is 0 Å². The molecule has 1 N–H and O–H groups in total. The van der Waals surface area contributed by atoms with E-state index >= 15 is 0 Å². The Kier molecular flexibility index (Phi) is 5.10. The minimum absolute atomic E-state index is 0.290. The lowest BCUT2D eigenvalue weighted by atomic mass is 9.97. The van der Waals surface area contributed by atoms with Crippen LogP contribution in [0.3, 0.4) is 0 Å². The van der Waals surface area contributed by atoms with Crippen LogP contribution >= 0.6 is 11.8 Å². The van der Waals surface area contributed by atoms with E-state index in [2.05, 4.69) is 43.4 Å². The normalized spacial score (nSPS) is 22.1. The topological polar surface area (TPSA) is 21.3 Å². The predicted octanol–water partition coefficient (Wildman–Crippen LogP) is 3.20. The Balaban J connectivity index is 2.11. The third-order valence-electron chi connectivity index (χ3n) is 3.49. The van der Waals surface area contributed by atoms with Crippen molar-refractivity contribution in [1.82, 2.24) is 5.32 Å². The average Bonchev–Trinajstić information content (AvgIpc) is 2.41. The summed E-state index contributed by atoms with van der Waals surface area (Å²) >= 11 is 1.98. The van der Waals surface area contributed by atoms with Gasteiger partial charge in [0.2, 0.25) is 0 Å². The van der Waals surface area contributed by atoms with Crippen LogP contribution in [-0.2, 0) is 4.74 Å². The first-order chi connectivity index (χ1) is 8.72. The van der Waals surface area contributed by atoms with Crippen molar-refractivity contribution in [1.29, 1.82) is 0 Å². The number of hydrogen-bond donors (Lipinski definition) is 1. The first-order valence-corrected chi connectivity index (χ1v) is 7.84. The molecular formula is C15H23NOS. The van der Waals surface area contributed by atoms with E-state index in [1.807, 2.05) is 18.8 Å². The van der Waals surface area contributed by atoms with Crippen LogP contribution in [0.2, 0.25) is 0 Å². The van der Waals surface area contributed by atoms with E-state index in [4.69, 9.17) is 4.74 Å². The average molecular weight is 265 g/mol. The molecule has 3 heteroatoms. The fourth-order valence-corrected chi connectivity index (χ4v) is 3.26. The summed E-state index contributed by atoms with van der Waals surface area (Å²) in [5.41, 5.74) is 2.72. The summed E-state index contributed by atoms with van der Waals surface area (Å²) in [5.74, 6) is 2.80. The van der Waals surface area contributed by atoms with Gasteiger partial charge in [-0.05, 0) is 24.1 Å². The van der Waals surface area contributed by atoms with Gasteiger partial charge >= 0.3 is 0 Å². The highest BCUT2D eigenvalue weighted by Crippen LogP contribution is 2.26. The van der Waals surface area contributed by atoms with Crippen molar-refractivity contribution in [2.75, 3.05) is 25.2 Å². The van der Waals surface area contributed by atoms with Crippen LogP contribution in [0.25, 0.3) is 0 Å². The van der Waals surface area contributed by atoms with Gasteiger partial charge in [-0.25, -0.2) is 0 Å². The van der Waals surface area contributed by atoms with Gasteiger partial charge in [0.05, 0.1) is 18.8 Å². The third-order valence-corrected chi connectivity index (χ3v) is 4.51. The predicted molar refractivity (Wildman–Crippen MR) is 79.4 cm³/mol. The molecule has 18 heavy (non-hydrogen) atoms. The number of rotatable bonds is 4. The highest BCUT2D eigenvalue weighted by molar-refractivity contribution is 7.99. The summed E-state index contributed by atoms with van der Waals surface area (Å²) < 4.78 is 5.88. The second-order valence-corrected chi connectivity index (χ2v) is 6.22. The largest absolute Gasteiger partial charge is 0.375 e. The summed E-state index contributed by atoms with van der Waals surface area (Å²) in [6, 6.07) is 9.25. The van der Waals surface area contributed by atoms with Crippen LogP contribution in [0, 0.1) is 0 Å². The van der Waals surface area contributed by atoms with Gasteiger partial charge in [0.25, 0.3) is 0 Å². The van der Waals surface area contributed by atoms with Crippen molar-refractivity contribution in [3.05, 3.63) is 35.4 Å². The number of ether oxygens (including phenoxy) is 1. The molecule has 2 unspecified atom stereocenters. The summed E-state index contributed by atoms with van der Waals surface area (Å²) in [4.78, 5) is 0. The summed E-state index contributed by atoms with van der Waals surface area (Å²) in [6.45, 7) is 5.33. The van der Waals surface area contributed by atoms with Gasteiger partial charge in [0, 0.05) is 11.5 Å². The third kappa shape index (κ3) is 3.28. The van der Waals surface area contributed by atoms with Crippen LogP contribution in [-0.4, -0.2) is 31.3 Å². The highest BCUT2D eigenvalue weighted by atomic mass is 32.2. The van der Waals surface area contributed by atoms with Gasteiger partial charge in [0.1, 0.15) is 0 Å². The molecule has 0 saturated carbocycles.